The van der Waals surface area contributed by atoms with Crippen molar-refractivity contribution in [2.45, 2.75) is 381 Å². The molecule has 0 aliphatic carbocycles. The number of phosphoric ester groups is 2. The molecule has 0 aromatic heterocycles. The summed E-state index contributed by atoms with van der Waals surface area (Å²) in [7, 11) is -9.90. The summed E-state index contributed by atoms with van der Waals surface area (Å²) in [4.78, 5) is 72.5. The third-order valence-electron chi connectivity index (χ3n) is 16.5. The number of carbonyl (C=O) groups excluding carboxylic acids is 4. The van der Waals surface area contributed by atoms with Gasteiger partial charge in [0.05, 0.1) is 26.4 Å². The van der Waals surface area contributed by atoms with Gasteiger partial charge in [-0.25, -0.2) is 9.13 Å². The Morgan fingerprint density at radius 2 is 0.511 bits per heavy atom. The van der Waals surface area contributed by atoms with E-state index in [9.17, 15) is 43.2 Å². The molecule has 0 bridgehead atoms. The van der Waals surface area contributed by atoms with Gasteiger partial charge in [-0.1, -0.05) is 311 Å². The van der Waals surface area contributed by atoms with Gasteiger partial charge in [0.25, 0.3) is 0 Å². The molecule has 0 spiro atoms. The van der Waals surface area contributed by atoms with Gasteiger partial charge < -0.3 is 33.8 Å². The first-order valence-corrected chi connectivity index (χ1v) is 40.0. The van der Waals surface area contributed by atoms with Gasteiger partial charge in [-0.05, 0) is 37.5 Å². The maximum atomic E-state index is 13.0. The molecule has 0 radical (unpaired) electrons. The highest BCUT2D eigenvalue weighted by Crippen LogP contribution is 2.45. The van der Waals surface area contributed by atoms with Gasteiger partial charge in [0.2, 0.25) is 0 Å². The number of hydrogen-bond donors (Lipinski definition) is 3. The van der Waals surface area contributed by atoms with Gasteiger partial charge in [0, 0.05) is 25.7 Å². The Morgan fingerprint density at radius 1 is 0.300 bits per heavy atom. The van der Waals surface area contributed by atoms with Crippen LogP contribution >= 0.6 is 15.6 Å². The van der Waals surface area contributed by atoms with E-state index in [1.807, 2.05) is 0 Å². The van der Waals surface area contributed by atoms with Crippen LogP contribution < -0.4 is 0 Å². The molecule has 534 valence electrons. The lowest BCUT2D eigenvalue weighted by Gasteiger charge is -2.21. The Morgan fingerprint density at radius 3 is 0.756 bits per heavy atom. The normalized spacial score (nSPS) is 14.1. The highest BCUT2D eigenvalue weighted by atomic mass is 31.2. The number of ether oxygens (including phenoxy) is 4. The molecule has 0 aliphatic heterocycles. The second kappa shape index (κ2) is 63.1. The van der Waals surface area contributed by atoms with Gasteiger partial charge in [-0.2, -0.15) is 0 Å². The van der Waals surface area contributed by atoms with Crippen molar-refractivity contribution in [2.75, 3.05) is 39.6 Å². The molecule has 0 fully saturated rings. The maximum Gasteiger partial charge on any atom is 0.472 e. The molecule has 2 unspecified atom stereocenters. The van der Waals surface area contributed by atoms with Crippen molar-refractivity contribution in [2.24, 2.45) is 11.8 Å². The topological polar surface area (TPSA) is 237 Å². The average molecular weight is 1330 g/mol. The van der Waals surface area contributed by atoms with Crippen LogP contribution in [-0.4, -0.2) is 96.7 Å². The standard InChI is InChI=1S/C71H138O17P2/c1-7-9-11-13-15-17-18-19-20-21-24-27-30-36-42-48-54-69(74)82-60-66(87-70(75)55-49-43-37-31-28-25-22-23-26-29-33-39-45-51-63(3)4)61-85-89(77,78)83-57-65(72)58-84-90(79,80)86-62-67(59-81-68(73)53-47-41-35-16-14-12-10-8-2)88-71(76)56-50-44-38-32-34-40-46-52-64(5)6/h63-67,72H,7-62H2,1-6H3,(H,77,78)(H,79,80)/t65-,66-,67-/m1/s1. The van der Waals surface area contributed by atoms with Crippen molar-refractivity contribution >= 4 is 39.5 Å². The SMILES string of the molecule is CCCCCCCCCCCCCCCCCCC(=O)OC[C@H](COP(=O)(O)OC[C@@H](O)COP(=O)(O)OC[C@@H](COC(=O)CCCCCCCCCC)OC(=O)CCCCCCCCCC(C)C)OC(=O)CCCCCCCCCCCCCCCC(C)C. The highest BCUT2D eigenvalue weighted by Gasteiger charge is 2.30. The van der Waals surface area contributed by atoms with Crippen molar-refractivity contribution in [1.29, 1.82) is 0 Å². The van der Waals surface area contributed by atoms with E-state index in [1.165, 1.54) is 173 Å². The van der Waals surface area contributed by atoms with Crippen LogP contribution in [-0.2, 0) is 65.4 Å². The molecular weight excluding hydrogens is 1190 g/mol. The minimum absolute atomic E-state index is 0.103. The van der Waals surface area contributed by atoms with E-state index in [0.29, 0.717) is 31.6 Å². The van der Waals surface area contributed by atoms with E-state index in [2.05, 4.69) is 41.5 Å². The first kappa shape index (κ1) is 88.1. The smallest absolute Gasteiger partial charge is 0.462 e. The van der Waals surface area contributed by atoms with Gasteiger partial charge in [0.1, 0.15) is 19.3 Å². The second-order valence-electron chi connectivity index (χ2n) is 26.6. The molecule has 0 amide bonds. The van der Waals surface area contributed by atoms with E-state index >= 15 is 0 Å². The van der Waals surface area contributed by atoms with Crippen molar-refractivity contribution in [3.05, 3.63) is 0 Å². The highest BCUT2D eigenvalue weighted by molar-refractivity contribution is 7.47. The molecule has 0 saturated heterocycles. The fourth-order valence-electron chi connectivity index (χ4n) is 10.8. The number of aliphatic hydroxyl groups excluding tert-OH is 1. The Labute approximate surface area is 549 Å². The molecule has 17 nitrogen and oxygen atoms in total. The summed E-state index contributed by atoms with van der Waals surface area (Å²) in [6.07, 6.45) is 48.7. The number of rotatable bonds is 70. The molecule has 0 heterocycles. The van der Waals surface area contributed by atoms with Crippen LogP contribution in [0.3, 0.4) is 0 Å². The van der Waals surface area contributed by atoms with Crippen LogP contribution in [0.5, 0.6) is 0 Å². The minimum Gasteiger partial charge on any atom is -0.462 e. The third kappa shape index (κ3) is 64.8. The predicted molar refractivity (Wildman–Crippen MR) is 363 cm³/mol. The molecule has 0 aromatic rings. The molecule has 0 aliphatic rings. The summed E-state index contributed by atoms with van der Waals surface area (Å²) < 4.78 is 68.2. The fourth-order valence-corrected chi connectivity index (χ4v) is 12.3. The first-order chi connectivity index (χ1) is 43.4. The van der Waals surface area contributed by atoms with Crippen LogP contribution in [0.2, 0.25) is 0 Å². The van der Waals surface area contributed by atoms with Crippen molar-refractivity contribution in [1.82, 2.24) is 0 Å². The van der Waals surface area contributed by atoms with Crippen LogP contribution in [0.4, 0.5) is 0 Å². The zero-order chi connectivity index (χ0) is 66.5. The summed E-state index contributed by atoms with van der Waals surface area (Å²) in [6.45, 7) is 9.48. The summed E-state index contributed by atoms with van der Waals surface area (Å²) in [5.74, 6) is -0.644. The molecule has 19 heteroatoms. The van der Waals surface area contributed by atoms with Crippen LogP contribution in [0.25, 0.3) is 0 Å². The van der Waals surface area contributed by atoms with Gasteiger partial charge >= 0.3 is 39.5 Å². The Hall–Kier alpha value is -1.94. The molecule has 0 saturated carbocycles. The monoisotopic (exact) mass is 1320 g/mol. The molecule has 0 aromatic carbocycles. The predicted octanol–water partition coefficient (Wildman–Crippen LogP) is 20.4. The quantitative estimate of drug-likeness (QED) is 0.0222. The summed E-state index contributed by atoms with van der Waals surface area (Å²) in [5, 5.41) is 10.6. The molecule has 3 N–H and O–H groups in total. The second-order valence-corrected chi connectivity index (χ2v) is 29.5. The van der Waals surface area contributed by atoms with E-state index in [4.69, 9.17) is 37.0 Å². The summed E-state index contributed by atoms with van der Waals surface area (Å²) in [6, 6.07) is 0. The maximum absolute atomic E-state index is 13.0. The lowest BCUT2D eigenvalue weighted by atomic mass is 10.0. The van der Waals surface area contributed by atoms with Gasteiger partial charge in [-0.15, -0.1) is 0 Å². The van der Waals surface area contributed by atoms with Gasteiger partial charge in [-0.3, -0.25) is 37.3 Å². The molecular formula is C71H138O17P2. The van der Waals surface area contributed by atoms with Crippen molar-refractivity contribution in [3.63, 3.8) is 0 Å². The van der Waals surface area contributed by atoms with E-state index in [-0.39, 0.29) is 25.7 Å². The largest absolute Gasteiger partial charge is 0.472 e. The Balaban J connectivity index is 5.21. The van der Waals surface area contributed by atoms with Crippen molar-refractivity contribution in [3.8, 4) is 0 Å². The van der Waals surface area contributed by atoms with Crippen molar-refractivity contribution < 1.29 is 80.2 Å². The van der Waals surface area contributed by atoms with E-state index in [1.54, 1.807) is 0 Å². The number of carbonyl (C=O) groups is 4. The van der Waals surface area contributed by atoms with Crippen LogP contribution in [0.1, 0.15) is 363 Å². The number of unbranched alkanes of at least 4 members (excludes halogenated alkanes) is 40. The number of esters is 4. The lowest BCUT2D eigenvalue weighted by molar-refractivity contribution is -0.161. The van der Waals surface area contributed by atoms with Gasteiger partial charge in [0.15, 0.2) is 12.2 Å². The number of phosphoric acid groups is 2. The summed E-state index contributed by atoms with van der Waals surface area (Å²) in [5.41, 5.74) is 0. The summed E-state index contributed by atoms with van der Waals surface area (Å²) >= 11 is 0. The van der Waals surface area contributed by atoms with E-state index < -0.39 is 97.5 Å². The van der Waals surface area contributed by atoms with Crippen LogP contribution in [0.15, 0.2) is 0 Å². The molecule has 0 rings (SSSR count). The Kier molecular flexibility index (Phi) is 61.8. The minimum atomic E-state index is -4.95. The lowest BCUT2D eigenvalue weighted by Crippen LogP contribution is -2.30. The zero-order valence-corrected chi connectivity index (χ0v) is 60.2. The fraction of sp³-hybridized carbons (Fsp3) is 0.944. The average Bonchev–Trinajstić information content (AvgIpc) is 3.44. The molecule has 5 atom stereocenters. The van der Waals surface area contributed by atoms with Crippen LogP contribution in [0, 0.1) is 11.8 Å². The third-order valence-corrected chi connectivity index (χ3v) is 18.4. The van der Waals surface area contributed by atoms with E-state index in [0.717, 1.165) is 102 Å². The Bertz CT molecular complexity index is 1750. The zero-order valence-electron chi connectivity index (χ0n) is 58.4. The number of hydrogen-bond acceptors (Lipinski definition) is 15. The number of aliphatic hydroxyl groups is 1. The first-order valence-electron chi connectivity index (χ1n) is 37.0. The molecule has 90 heavy (non-hydrogen) atoms.